The highest BCUT2D eigenvalue weighted by Gasteiger charge is 2.36. The Labute approximate surface area is 111 Å². The molecule has 108 valence electrons. The maximum absolute atomic E-state index is 11.9. The summed E-state index contributed by atoms with van der Waals surface area (Å²) in [4.78, 5) is 11.9. The van der Waals surface area contributed by atoms with Gasteiger partial charge in [0.2, 0.25) is 5.91 Å². The zero-order valence-electron chi connectivity index (χ0n) is 12.8. The summed E-state index contributed by atoms with van der Waals surface area (Å²) in [7, 11) is 0. The number of hydrogen-bond donors (Lipinski definition) is 3. The van der Waals surface area contributed by atoms with Crippen molar-refractivity contribution in [3.05, 3.63) is 0 Å². The molecule has 1 amide bonds. The first-order valence-electron chi connectivity index (χ1n) is 6.65. The molecule has 0 spiro atoms. The van der Waals surface area contributed by atoms with E-state index in [-0.39, 0.29) is 11.3 Å². The van der Waals surface area contributed by atoms with E-state index in [1.165, 1.54) is 0 Å². The monoisotopic (exact) mass is 258 g/mol. The second-order valence-corrected chi connectivity index (χ2v) is 6.94. The minimum Gasteiger partial charge on any atom is -0.388 e. The van der Waals surface area contributed by atoms with Crippen LogP contribution in [0.1, 0.15) is 60.8 Å². The van der Waals surface area contributed by atoms with Crippen molar-refractivity contribution in [2.24, 2.45) is 11.1 Å². The molecule has 0 aliphatic heterocycles. The van der Waals surface area contributed by atoms with Crippen molar-refractivity contribution in [3.63, 3.8) is 0 Å². The standard InChI is InChI=1S/C14H30N2O2/c1-12(2,9-10-15)8-7-11(17)16-13(3,4)14(5,6)18/h18H,7-10,15H2,1-6H3,(H,16,17). The van der Waals surface area contributed by atoms with E-state index in [4.69, 9.17) is 5.73 Å². The van der Waals surface area contributed by atoms with Crippen LogP contribution in [0, 0.1) is 5.41 Å². The SMILES string of the molecule is CC(C)(CCN)CCC(=O)NC(C)(C)C(C)(C)O. The summed E-state index contributed by atoms with van der Waals surface area (Å²) >= 11 is 0. The summed E-state index contributed by atoms with van der Waals surface area (Å²) in [6.07, 6.45) is 2.18. The number of hydrogen-bond acceptors (Lipinski definition) is 3. The lowest BCUT2D eigenvalue weighted by Crippen LogP contribution is -2.57. The molecule has 0 aromatic heterocycles. The molecule has 0 aliphatic carbocycles. The summed E-state index contributed by atoms with van der Waals surface area (Å²) in [5.74, 6) is -0.0211. The topological polar surface area (TPSA) is 75.4 Å². The molecule has 0 aromatic carbocycles. The van der Waals surface area contributed by atoms with Crippen LogP contribution < -0.4 is 11.1 Å². The van der Waals surface area contributed by atoms with Gasteiger partial charge in [0.15, 0.2) is 0 Å². The molecule has 0 rings (SSSR count). The molecule has 0 aromatic rings. The van der Waals surface area contributed by atoms with E-state index in [1.807, 2.05) is 13.8 Å². The lowest BCUT2D eigenvalue weighted by molar-refractivity contribution is -0.126. The Morgan fingerprint density at radius 2 is 1.61 bits per heavy atom. The van der Waals surface area contributed by atoms with Crippen LogP contribution in [0.25, 0.3) is 0 Å². The van der Waals surface area contributed by atoms with E-state index in [2.05, 4.69) is 19.2 Å². The summed E-state index contributed by atoms with van der Waals surface area (Å²) in [5.41, 5.74) is 4.05. The second-order valence-electron chi connectivity index (χ2n) is 6.94. The van der Waals surface area contributed by atoms with Gasteiger partial charge in [-0.1, -0.05) is 13.8 Å². The highest BCUT2D eigenvalue weighted by Crippen LogP contribution is 2.26. The number of rotatable bonds is 7. The van der Waals surface area contributed by atoms with E-state index in [0.29, 0.717) is 13.0 Å². The molecule has 4 N–H and O–H groups in total. The Morgan fingerprint density at radius 3 is 2.00 bits per heavy atom. The zero-order valence-corrected chi connectivity index (χ0v) is 12.8. The van der Waals surface area contributed by atoms with Crippen LogP contribution in [0.4, 0.5) is 0 Å². The fraction of sp³-hybridized carbons (Fsp3) is 0.929. The first-order chi connectivity index (χ1) is 7.91. The van der Waals surface area contributed by atoms with E-state index in [9.17, 15) is 9.90 Å². The molecule has 0 fully saturated rings. The number of carbonyl (C=O) groups excluding carboxylic acids is 1. The van der Waals surface area contributed by atoms with Gasteiger partial charge in [0.1, 0.15) is 0 Å². The van der Waals surface area contributed by atoms with Crippen LogP contribution in [-0.2, 0) is 4.79 Å². The third kappa shape index (κ3) is 5.83. The summed E-state index contributed by atoms with van der Waals surface area (Å²) in [6.45, 7) is 11.9. The zero-order chi connectivity index (χ0) is 14.6. The van der Waals surface area contributed by atoms with Crippen LogP contribution in [0.2, 0.25) is 0 Å². The molecule has 18 heavy (non-hydrogen) atoms. The van der Waals surface area contributed by atoms with Gasteiger partial charge >= 0.3 is 0 Å². The highest BCUT2D eigenvalue weighted by atomic mass is 16.3. The minimum atomic E-state index is -0.949. The van der Waals surface area contributed by atoms with Gasteiger partial charge in [-0.25, -0.2) is 0 Å². The molecular formula is C14H30N2O2. The average Bonchev–Trinajstić information content (AvgIpc) is 2.12. The largest absolute Gasteiger partial charge is 0.388 e. The number of amides is 1. The fourth-order valence-corrected chi connectivity index (χ4v) is 1.53. The van der Waals surface area contributed by atoms with Gasteiger partial charge in [-0.15, -0.1) is 0 Å². The molecule has 0 saturated heterocycles. The Kier molecular flexibility index (Phi) is 5.82. The van der Waals surface area contributed by atoms with Crippen LogP contribution in [0.15, 0.2) is 0 Å². The fourth-order valence-electron chi connectivity index (χ4n) is 1.53. The van der Waals surface area contributed by atoms with Crippen molar-refractivity contribution in [1.29, 1.82) is 0 Å². The van der Waals surface area contributed by atoms with Gasteiger partial charge in [0, 0.05) is 6.42 Å². The van der Waals surface area contributed by atoms with E-state index in [1.54, 1.807) is 13.8 Å². The average molecular weight is 258 g/mol. The molecule has 4 nitrogen and oxygen atoms in total. The van der Waals surface area contributed by atoms with Gasteiger partial charge in [-0.05, 0) is 52.5 Å². The number of aliphatic hydroxyl groups is 1. The number of carbonyl (C=O) groups is 1. The molecule has 0 bridgehead atoms. The number of nitrogens with one attached hydrogen (secondary N) is 1. The molecule has 4 heteroatoms. The van der Waals surface area contributed by atoms with Gasteiger partial charge in [0.05, 0.1) is 11.1 Å². The Hall–Kier alpha value is -0.610. The number of nitrogens with two attached hydrogens (primary N) is 1. The maximum atomic E-state index is 11.9. The van der Waals surface area contributed by atoms with Crippen molar-refractivity contribution in [3.8, 4) is 0 Å². The molecular weight excluding hydrogens is 228 g/mol. The predicted molar refractivity (Wildman–Crippen MR) is 75.2 cm³/mol. The van der Waals surface area contributed by atoms with E-state index in [0.717, 1.165) is 12.8 Å². The van der Waals surface area contributed by atoms with Crippen molar-refractivity contribution < 1.29 is 9.90 Å². The van der Waals surface area contributed by atoms with Crippen LogP contribution in [0.5, 0.6) is 0 Å². The molecule has 0 heterocycles. The predicted octanol–water partition coefficient (Wildman–Crippen LogP) is 1.81. The Morgan fingerprint density at radius 1 is 1.11 bits per heavy atom. The van der Waals surface area contributed by atoms with Gasteiger partial charge in [-0.2, -0.15) is 0 Å². The van der Waals surface area contributed by atoms with Crippen molar-refractivity contribution in [2.75, 3.05) is 6.54 Å². The third-order valence-electron chi connectivity index (χ3n) is 3.83. The quantitative estimate of drug-likeness (QED) is 0.652. The summed E-state index contributed by atoms with van der Waals surface area (Å²) < 4.78 is 0. The van der Waals surface area contributed by atoms with E-state index >= 15 is 0 Å². The molecule has 0 radical (unpaired) electrons. The lowest BCUT2D eigenvalue weighted by Gasteiger charge is -2.38. The smallest absolute Gasteiger partial charge is 0.220 e. The van der Waals surface area contributed by atoms with Crippen molar-refractivity contribution in [1.82, 2.24) is 5.32 Å². The normalized spacial score (nSPS) is 13.6. The van der Waals surface area contributed by atoms with Gasteiger partial charge in [0.25, 0.3) is 0 Å². The highest BCUT2D eigenvalue weighted by molar-refractivity contribution is 5.76. The lowest BCUT2D eigenvalue weighted by atomic mass is 9.83. The second kappa shape index (κ2) is 6.02. The van der Waals surface area contributed by atoms with Crippen LogP contribution in [-0.4, -0.2) is 28.7 Å². The summed E-state index contributed by atoms with van der Waals surface area (Å²) in [5, 5.41) is 12.9. The van der Waals surface area contributed by atoms with E-state index < -0.39 is 11.1 Å². The molecule has 0 unspecified atom stereocenters. The molecule has 0 saturated carbocycles. The molecule has 0 atom stereocenters. The van der Waals surface area contributed by atoms with Crippen molar-refractivity contribution >= 4 is 5.91 Å². The Bertz CT molecular complexity index is 278. The van der Waals surface area contributed by atoms with Gasteiger partial charge < -0.3 is 16.2 Å². The van der Waals surface area contributed by atoms with Crippen LogP contribution >= 0.6 is 0 Å². The van der Waals surface area contributed by atoms with Crippen LogP contribution in [0.3, 0.4) is 0 Å². The molecule has 0 aliphatic rings. The van der Waals surface area contributed by atoms with Crippen molar-refractivity contribution in [2.45, 2.75) is 71.9 Å². The third-order valence-corrected chi connectivity index (χ3v) is 3.83. The minimum absolute atomic E-state index is 0.0211. The summed E-state index contributed by atoms with van der Waals surface area (Å²) in [6, 6.07) is 0. The first-order valence-corrected chi connectivity index (χ1v) is 6.65. The Balaban J connectivity index is 4.29. The van der Waals surface area contributed by atoms with Gasteiger partial charge in [-0.3, -0.25) is 4.79 Å². The maximum Gasteiger partial charge on any atom is 0.220 e. The first kappa shape index (κ1) is 17.4.